The number of hydrogen-bond donors (Lipinski definition) is 3. The lowest BCUT2D eigenvalue weighted by molar-refractivity contribution is -0.148. The Labute approximate surface area is 85.1 Å². The van der Waals surface area contributed by atoms with E-state index < -0.39 is 23.8 Å². The van der Waals surface area contributed by atoms with Crippen molar-refractivity contribution in [3.8, 4) is 0 Å². The molecule has 1 aliphatic rings. The molecule has 1 aliphatic heterocycles. The van der Waals surface area contributed by atoms with Gasteiger partial charge in [0.1, 0.15) is 6.04 Å². The zero-order chi connectivity index (χ0) is 12.0. The van der Waals surface area contributed by atoms with Crippen molar-refractivity contribution in [2.75, 3.05) is 0 Å². The first kappa shape index (κ1) is 13.1. The molecule has 3 N–H and O–H groups in total. The Kier molecular flexibility index (Phi) is 5.00. The first-order chi connectivity index (χ1) is 6.84. The molecule has 1 rings (SSSR count). The molecule has 0 radical (unpaired) electrons. The van der Waals surface area contributed by atoms with Crippen molar-refractivity contribution in [2.24, 2.45) is 0 Å². The lowest BCUT2D eigenvalue weighted by Gasteiger charge is -1.99. The van der Waals surface area contributed by atoms with Gasteiger partial charge in [0.25, 0.3) is 0 Å². The van der Waals surface area contributed by atoms with Gasteiger partial charge in [0, 0.05) is 13.3 Å². The molecule has 0 aliphatic carbocycles. The van der Waals surface area contributed by atoms with E-state index in [0.717, 1.165) is 6.92 Å². The first-order valence-electron chi connectivity index (χ1n) is 4.10. The molecule has 0 aromatic carbocycles. The number of carbonyl (C=O) groups is 4. The zero-order valence-corrected chi connectivity index (χ0v) is 8.02. The predicted octanol–water partition coefficient (Wildman–Crippen LogP) is -0.990. The molecule has 0 spiro atoms. The molecule has 1 saturated heterocycles. The number of carboxylic acids is 2. The molecule has 0 unspecified atom stereocenters. The molecule has 1 atom stereocenters. The Morgan fingerprint density at radius 3 is 1.93 bits per heavy atom. The topological polar surface area (TPSA) is 121 Å². The normalized spacial score (nSPS) is 18.5. The highest BCUT2D eigenvalue weighted by atomic mass is 16.4. The van der Waals surface area contributed by atoms with Crippen LogP contribution in [0.25, 0.3) is 0 Å². The second-order valence-corrected chi connectivity index (χ2v) is 2.86. The number of Topliss-reactive ketones (excluding diaryl/α,β-unsaturated/α-hetero) is 1. The number of aliphatic carboxylic acids is 2. The standard InChI is InChI=1S/C5H7NO3.C3H4O3/c7-4-2-1-3(6-4)5(8)9;1-2(4)3(5)6/h3H,1-2H2,(H,6,7)(H,8,9);1H3,(H,5,6)/t3-;/m0./s1. The maximum Gasteiger partial charge on any atom is 0.371 e. The minimum Gasteiger partial charge on any atom is -0.480 e. The van der Waals surface area contributed by atoms with Crippen LogP contribution in [0.5, 0.6) is 0 Å². The minimum absolute atomic E-state index is 0.164. The van der Waals surface area contributed by atoms with E-state index in [1.54, 1.807) is 0 Å². The van der Waals surface area contributed by atoms with E-state index >= 15 is 0 Å². The van der Waals surface area contributed by atoms with Crippen LogP contribution in [0, 0.1) is 0 Å². The summed E-state index contributed by atoms with van der Waals surface area (Å²) in [7, 11) is 0. The summed E-state index contributed by atoms with van der Waals surface area (Å²) >= 11 is 0. The molecule has 1 amide bonds. The Balaban J connectivity index is 0.000000288. The zero-order valence-electron chi connectivity index (χ0n) is 8.02. The fourth-order valence-corrected chi connectivity index (χ4v) is 0.799. The molecular weight excluding hydrogens is 206 g/mol. The fourth-order valence-electron chi connectivity index (χ4n) is 0.799. The molecule has 0 aromatic heterocycles. The molecular formula is C8H11NO6. The van der Waals surface area contributed by atoms with E-state index in [-0.39, 0.29) is 5.91 Å². The SMILES string of the molecule is CC(=O)C(=O)O.O=C1CC[C@@H](C(=O)O)N1. The summed E-state index contributed by atoms with van der Waals surface area (Å²) in [6, 6.07) is -0.641. The number of rotatable bonds is 2. The number of carboxylic acid groups (broad SMARTS) is 2. The van der Waals surface area contributed by atoms with Crippen molar-refractivity contribution in [3.05, 3.63) is 0 Å². The molecule has 0 aromatic rings. The Morgan fingerprint density at radius 1 is 1.33 bits per heavy atom. The maximum absolute atomic E-state index is 10.4. The van der Waals surface area contributed by atoms with Crippen LogP contribution in [0.3, 0.4) is 0 Å². The van der Waals surface area contributed by atoms with Crippen LogP contribution in [0.2, 0.25) is 0 Å². The first-order valence-corrected chi connectivity index (χ1v) is 4.10. The second-order valence-electron chi connectivity index (χ2n) is 2.86. The second kappa shape index (κ2) is 5.74. The van der Waals surface area contributed by atoms with Gasteiger partial charge in [0.05, 0.1) is 0 Å². The molecule has 0 saturated carbocycles. The van der Waals surface area contributed by atoms with E-state index in [2.05, 4.69) is 5.32 Å². The van der Waals surface area contributed by atoms with E-state index in [1.807, 2.05) is 0 Å². The van der Waals surface area contributed by atoms with Crippen molar-refractivity contribution in [1.29, 1.82) is 0 Å². The van der Waals surface area contributed by atoms with Gasteiger partial charge >= 0.3 is 11.9 Å². The molecule has 84 valence electrons. The summed E-state index contributed by atoms with van der Waals surface area (Å²) in [5.41, 5.74) is 0. The highest BCUT2D eigenvalue weighted by Crippen LogP contribution is 2.05. The maximum atomic E-state index is 10.4. The van der Waals surface area contributed by atoms with Crippen LogP contribution in [0.4, 0.5) is 0 Å². The third-order valence-corrected chi connectivity index (χ3v) is 1.59. The van der Waals surface area contributed by atoms with Crippen LogP contribution in [-0.4, -0.2) is 39.9 Å². The molecule has 1 fully saturated rings. The van der Waals surface area contributed by atoms with Crippen molar-refractivity contribution < 1.29 is 29.4 Å². The van der Waals surface area contributed by atoms with Crippen molar-refractivity contribution in [2.45, 2.75) is 25.8 Å². The third kappa shape index (κ3) is 5.40. The third-order valence-electron chi connectivity index (χ3n) is 1.59. The van der Waals surface area contributed by atoms with Crippen LogP contribution >= 0.6 is 0 Å². The van der Waals surface area contributed by atoms with E-state index in [4.69, 9.17) is 10.2 Å². The van der Waals surface area contributed by atoms with Gasteiger partial charge in [-0.1, -0.05) is 0 Å². The van der Waals surface area contributed by atoms with E-state index in [9.17, 15) is 19.2 Å². The summed E-state index contributed by atoms with van der Waals surface area (Å²) in [5.74, 6) is -3.31. The van der Waals surface area contributed by atoms with Crippen LogP contribution < -0.4 is 5.32 Å². The van der Waals surface area contributed by atoms with Crippen LogP contribution in [0.15, 0.2) is 0 Å². The monoisotopic (exact) mass is 217 g/mol. The Bertz CT molecular complexity index is 286. The number of amides is 1. The number of ketones is 1. The van der Waals surface area contributed by atoms with Gasteiger partial charge in [0.2, 0.25) is 11.7 Å². The Hall–Kier alpha value is -1.92. The highest BCUT2D eigenvalue weighted by molar-refractivity contribution is 6.31. The van der Waals surface area contributed by atoms with Crippen molar-refractivity contribution in [1.82, 2.24) is 5.32 Å². The lowest BCUT2D eigenvalue weighted by atomic mass is 10.2. The summed E-state index contributed by atoms with van der Waals surface area (Å²) in [6.07, 6.45) is 0.769. The average Bonchev–Trinajstić information content (AvgIpc) is 2.52. The van der Waals surface area contributed by atoms with Gasteiger partial charge in [-0.25, -0.2) is 9.59 Å². The largest absolute Gasteiger partial charge is 0.480 e. The van der Waals surface area contributed by atoms with Crippen molar-refractivity contribution in [3.63, 3.8) is 0 Å². The van der Waals surface area contributed by atoms with E-state index in [1.165, 1.54) is 0 Å². The van der Waals surface area contributed by atoms with Crippen LogP contribution in [-0.2, 0) is 19.2 Å². The van der Waals surface area contributed by atoms with Gasteiger partial charge in [0.15, 0.2) is 0 Å². The van der Waals surface area contributed by atoms with Gasteiger partial charge in [-0.3, -0.25) is 9.59 Å². The molecule has 7 heteroatoms. The number of carbonyl (C=O) groups excluding carboxylic acids is 2. The highest BCUT2D eigenvalue weighted by Gasteiger charge is 2.26. The molecule has 1 heterocycles. The number of hydrogen-bond acceptors (Lipinski definition) is 4. The molecule has 7 nitrogen and oxygen atoms in total. The van der Waals surface area contributed by atoms with Gasteiger partial charge < -0.3 is 15.5 Å². The smallest absolute Gasteiger partial charge is 0.371 e. The van der Waals surface area contributed by atoms with Crippen molar-refractivity contribution >= 4 is 23.6 Å². The lowest BCUT2D eigenvalue weighted by Crippen LogP contribution is -2.32. The summed E-state index contributed by atoms with van der Waals surface area (Å²) in [4.78, 5) is 39.4. The van der Waals surface area contributed by atoms with Gasteiger partial charge in [-0.2, -0.15) is 0 Å². The summed E-state index contributed by atoms with van der Waals surface area (Å²) in [6.45, 7) is 1.00. The van der Waals surface area contributed by atoms with Crippen LogP contribution in [0.1, 0.15) is 19.8 Å². The number of nitrogens with one attached hydrogen (secondary N) is 1. The van der Waals surface area contributed by atoms with Gasteiger partial charge in [-0.05, 0) is 6.42 Å². The fraction of sp³-hybridized carbons (Fsp3) is 0.500. The summed E-state index contributed by atoms with van der Waals surface area (Å²) in [5, 5.41) is 18.3. The quantitative estimate of drug-likeness (QED) is 0.510. The molecule has 0 bridgehead atoms. The molecule has 15 heavy (non-hydrogen) atoms. The average molecular weight is 217 g/mol. The predicted molar refractivity (Wildman–Crippen MR) is 47.1 cm³/mol. The van der Waals surface area contributed by atoms with Gasteiger partial charge in [-0.15, -0.1) is 0 Å². The Morgan fingerprint density at radius 2 is 1.80 bits per heavy atom. The minimum atomic E-state index is -1.38. The van der Waals surface area contributed by atoms with E-state index in [0.29, 0.717) is 12.8 Å². The summed E-state index contributed by atoms with van der Waals surface area (Å²) < 4.78 is 0.